The molecular weight excluding hydrogens is 326 g/mol. The number of rotatable bonds is 8. The number of nitro groups is 1. The molecule has 0 aliphatic heterocycles. The first-order chi connectivity index (χ1) is 12.0. The monoisotopic (exact) mass is 345 g/mol. The van der Waals surface area contributed by atoms with E-state index in [1.54, 1.807) is 18.2 Å². The number of carbonyl (C=O) groups excluding carboxylic acids is 1. The Morgan fingerprint density at radius 3 is 2.60 bits per heavy atom. The van der Waals surface area contributed by atoms with Crippen LogP contribution in [-0.2, 0) is 4.79 Å². The quantitative estimate of drug-likeness (QED) is 0.563. The fourth-order valence-electron chi connectivity index (χ4n) is 2.17. The van der Waals surface area contributed by atoms with Crippen molar-refractivity contribution in [3.8, 4) is 11.5 Å². The Morgan fingerprint density at radius 2 is 1.92 bits per heavy atom. The molecule has 0 spiro atoms. The fraction of sp³-hybridized carbons (Fsp3) is 0.235. The lowest BCUT2D eigenvalue weighted by molar-refractivity contribution is -0.384. The van der Waals surface area contributed by atoms with Gasteiger partial charge in [-0.05, 0) is 25.1 Å². The van der Waals surface area contributed by atoms with Crippen molar-refractivity contribution in [1.29, 1.82) is 0 Å². The Balaban J connectivity index is 2.05. The molecular formula is C17H19N3O5. The van der Waals surface area contributed by atoms with Crippen LogP contribution in [0.1, 0.15) is 6.92 Å². The zero-order chi connectivity index (χ0) is 18.2. The number of anilines is 2. The summed E-state index contributed by atoms with van der Waals surface area (Å²) in [7, 11) is 1.45. The fourth-order valence-corrected chi connectivity index (χ4v) is 2.17. The van der Waals surface area contributed by atoms with Gasteiger partial charge >= 0.3 is 0 Å². The van der Waals surface area contributed by atoms with E-state index in [0.717, 1.165) is 0 Å². The maximum Gasteiger partial charge on any atom is 0.271 e. The van der Waals surface area contributed by atoms with Crippen molar-refractivity contribution in [2.75, 3.05) is 30.9 Å². The van der Waals surface area contributed by atoms with Crippen LogP contribution in [0.25, 0.3) is 0 Å². The van der Waals surface area contributed by atoms with Gasteiger partial charge in [-0.2, -0.15) is 0 Å². The molecule has 8 heteroatoms. The number of carbonyl (C=O) groups is 1. The van der Waals surface area contributed by atoms with Crippen molar-refractivity contribution in [2.45, 2.75) is 6.92 Å². The number of amides is 1. The van der Waals surface area contributed by atoms with E-state index in [0.29, 0.717) is 29.5 Å². The second kappa shape index (κ2) is 8.53. The van der Waals surface area contributed by atoms with Crippen molar-refractivity contribution >= 4 is 23.0 Å². The molecule has 0 aliphatic rings. The lowest BCUT2D eigenvalue weighted by Gasteiger charge is -2.13. The molecule has 8 nitrogen and oxygen atoms in total. The van der Waals surface area contributed by atoms with E-state index in [-0.39, 0.29) is 18.1 Å². The number of hydrogen-bond donors (Lipinski definition) is 2. The summed E-state index contributed by atoms with van der Waals surface area (Å²) in [5, 5.41) is 16.5. The van der Waals surface area contributed by atoms with Crippen molar-refractivity contribution in [3.63, 3.8) is 0 Å². The predicted molar refractivity (Wildman–Crippen MR) is 94.4 cm³/mol. The van der Waals surface area contributed by atoms with Gasteiger partial charge in [0.05, 0.1) is 36.6 Å². The zero-order valence-corrected chi connectivity index (χ0v) is 13.9. The van der Waals surface area contributed by atoms with Gasteiger partial charge in [0.2, 0.25) is 5.91 Å². The molecule has 0 aromatic heterocycles. The van der Waals surface area contributed by atoms with E-state index in [9.17, 15) is 14.9 Å². The highest BCUT2D eigenvalue weighted by Gasteiger charge is 2.13. The van der Waals surface area contributed by atoms with Crippen molar-refractivity contribution in [1.82, 2.24) is 0 Å². The average Bonchev–Trinajstić information content (AvgIpc) is 2.61. The highest BCUT2D eigenvalue weighted by atomic mass is 16.6. The average molecular weight is 345 g/mol. The molecule has 1 amide bonds. The van der Waals surface area contributed by atoms with Crippen LogP contribution in [0.3, 0.4) is 0 Å². The molecule has 0 atom stereocenters. The molecule has 0 fully saturated rings. The molecule has 132 valence electrons. The Hall–Kier alpha value is -3.29. The Morgan fingerprint density at radius 1 is 1.16 bits per heavy atom. The first kappa shape index (κ1) is 18.1. The number of nitro benzene ring substituents is 1. The van der Waals surface area contributed by atoms with Crippen LogP contribution in [0, 0.1) is 10.1 Å². The number of para-hydroxylation sites is 2. The highest BCUT2D eigenvalue weighted by molar-refractivity contribution is 5.95. The maximum atomic E-state index is 12.2. The number of benzene rings is 2. The molecule has 2 aromatic rings. The van der Waals surface area contributed by atoms with E-state index >= 15 is 0 Å². The predicted octanol–water partition coefficient (Wildman–Crippen LogP) is 3.05. The molecule has 0 aliphatic carbocycles. The van der Waals surface area contributed by atoms with Gasteiger partial charge in [0.15, 0.2) is 0 Å². The van der Waals surface area contributed by atoms with Gasteiger partial charge in [-0.25, -0.2) is 0 Å². The van der Waals surface area contributed by atoms with Crippen LogP contribution in [0.15, 0.2) is 42.5 Å². The van der Waals surface area contributed by atoms with Gasteiger partial charge in [-0.3, -0.25) is 14.9 Å². The van der Waals surface area contributed by atoms with Crippen LogP contribution in [-0.4, -0.2) is 31.1 Å². The third kappa shape index (κ3) is 4.84. The Bertz CT molecular complexity index is 764. The van der Waals surface area contributed by atoms with E-state index in [2.05, 4.69) is 10.6 Å². The van der Waals surface area contributed by atoms with Crippen molar-refractivity contribution < 1.29 is 19.2 Å². The largest absolute Gasteiger partial charge is 0.495 e. The third-order valence-corrected chi connectivity index (χ3v) is 3.29. The van der Waals surface area contributed by atoms with Crippen LogP contribution in [0.5, 0.6) is 11.5 Å². The second-order valence-corrected chi connectivity index (χ2v) is 4.97. The van der Waals surface area contributed by atoms with Crippen LogP contribution in [0.4, 0.5) is 17.1 Å². The topological polar surface area (TPSA) is 103 Å². The molecule has 2 rings (SSSR count). The third-order valence-electron chi connectivity index (χ3n) is 3.29. The number of nitrogens with one attached hydrogen (secondary N) is 2. The first-order valence-electron chi connectivity index (χ1n) is 7.63. The molecule has 25 heavy (non-hydrogen) atoms. The van der Waals surface area contributed by atoms with Gasteiger partial charge in [0, 0.05) is 12.1 Å². The SMILES string of the molecule is CCOc1ccccc1NC(=O)CNc1cc([N+](=O)[O-])ccc1OC. The second-order valence-electron chi connectivity index (χ2n) is 4.97. The number of non-ortho nitro benzene ring substituents is 1. The van der Waals surface area contributed by atoms with E-state index in [1.165, 1.54) is 25.3 Å². The van der Waals surface area contributed by atoms with Gasteiger partial charge in [-0.15, -0.1) is 0 Å². The smallest absolute Gasteiger partial charge is 0.271 e. The Labute approximate surface area is 144 Å². The van der Waals surface area contributed by atoms with Crippen LogP contribution in [0.2, 0.25) is 0 Å². The van der Waals surface area contributed by atoms with Gasteiger partial charge in [0.1, 0.15) is 11.5 Å². The molecule has 0 bridgehead atoms. The van der Waals surface area contributed by atoms with Crippen LogP contribution >= 0.6 is 0 Å². The minimum absolute atomic E-state index is 0.0853. The van der Waals surface area contributed by atoms with Gasteiger partial charge in [0.25, 0.3) is 5.69 Å². The summed E-state index contributed by atoms with van der Waals surface area (Å²) in [5.74, 6) is 0.667. The number of hydrogen-bond acceptors (Lipinski definition) is 6. The lowest BCUT2D eigenvalue weighted by atomic mass is 10.2. The molecule has 0 saturated heterocycles. The molecule has 0 saturated carbocycles. The van der Waals surface area contributed by atoms with E-state index in [4.69, 9.17) is 9.47 Å². The normalized spacial score (nSPS) is 10.0. The zero-order valence-electron chi connectivity index (χ0n) is 13.9. The summed E-state index contributed by atoms with van der Waals surface area (Å²) in [6, 6.07) is 11.2. The van der Waals surface area contributed by atoms with Crippen LogP contribution < -0.4 is 20.1 Å². The molecule has 2 N–H and O–H groups in total. The van der Waals surface area contributed by atoms with Gasteiger partial charge in [-0.1, -0.05) is 12.1 Å². The molecule has 0 heterocycles. The van der Waals surface area contributed by atoms with E-state index < -0.39 is 4.92 Å². The van der Waals surface area contributed by atoms with Crippen molar-refractivity contribution in [3.05, 3.63) is 52.6 Å². The summed E-state index contributed by atoms with van der Waals surface area (Å²) in [6.07, 6.45) is 0. The standard InChI is InChI=1S/C17H19N3O5/c1-3-25-16-7-5-4-6-13(16)19-17(21)11-18-14-10-12(20(22)23)8-9-15(14)24-2/h4-10,18H,3,11H2,1-2H3,(H,19,21). The summed E-state index contributed by atoms with van der Waals surface area (Å²) in [5.41, 5.74) is 0.831. The minimum Gasteiger partial charge on any atom is -0.495 e. The van der Waals surface area contributed by atoms with Crippen molar-refractivity contribution in [2.24, 2.45) is 0 Å². The van der Waals surface area contributed by atoms with E-state index in [1.807, 2.05) is 13.0 Å². The summed E-state index contributed by atoms with van der Waals surface area (Å²) >= 11 is 0. The highest BCUT2D eigenvalue weighted by Crippen LogP contribution is 2.29. The minimum atomic E-state index is -0.511. The molecule has 0 radical (unpaired) electrons. The number of nitrogens with zero attached hydrogens (tertiary/aromatic N) is 1. The lowest BCUT2D eigenvalue weighted by Crippen LogP contribution is -2.22. The molecule has 0 unspecified atom stereocenters. The summed E-state index contributed by atoms with van der Waals surface area (Å²) < 4.78 is 10.6. The first-order valence-corrected chi connectivity index (χ1v) is 7.63. The summed E-state index contributed by atoms with van der Waals surface area (Å²) in [4.78, 5) is 22.5. The summed E-state index contributed by atoms with van der Waals surface area (Å²) in [6.45, 7) is 2.25. The Kier molecular flexibility index (Phi) is 6.16. The number of ether oxygens (including phenoxy) is 2. The maximum absolute atomic E-state index is 12.2. The number of methoxy groups -OCH3 is 1. The molecule has 2 aromatic carbocycles. The van der Waals surface area contributed by atoms with Gasteiger partial charge < -0.3 is 20.1 Å².